The topological polar surface area (TPSA) is 64.4 Å². The molecule has 0 atom stereocenters. The molecule has 0 aliphatic heterocycles. The molecule has 0 radical (unpaired) electrons. The Morgan fingerprint density at radius 1 is 1.23 bits per heavy atom. The quantitative estimate of drug-likeness (QED) is 0.294. The van der Waals surface area contributed by atoms with E-state index in [0.29, 0.717) is 16.9 Å². The van der Waals surface area contributed by atoms with Crippen LogP contribution in [0.4, 0.5) is 22.0 Å². The lowest BCUT2D eigenvalue weighted by molar-refractivity contribution is -0.137. The van der Waals surface area contributed by atoms with Gasteiger partial charge in [-0.05, 0) is 54.2 Å². The van der Waals surface area contributed by atoms with Crippen LogP contribution in [0, 0.1) is 4.77 Å². The lowest BCUT2D eigenvalue weighted by Crippen LogP contribution is -2.05. The lowest BCUT2D eigenvalue weighted by Gasteiger charge is -2.13. The Bertz CT molecular complexity index is 1140. The molecule has 0 aliphatic carbocycles. The molecule has 2 aromatic carbocycles. The van der Waals surface area contributed by atoms with Crippen molar-refractivity contribution < 1.29 is 31.4 Å². The van der Waals surface area contributed by atoms with Gasteiger partial charge in [-0.2, -0.15) is 28.0 Å². The van der Waals surface area contributed by atoms with Crippen LogP contribution in [0.15, 0.2) is 47.6 Å². The molecule has 0 unspecified atom stereocenters. The fourth-order valence-corrected chi connectivity index (χ4v) is 2.78. The molecule has 1 aromatic heterocycles. The number of ether oxygens (including phenoxy) is 2. The molecule has 31 heavy (non-hydrogen) atoms. The predicted octanol–water partition coefficient (Wildman–Crippen LogP) is 5.37. The predicted molar refractivity (Wildman–Crippen MR) is 104 cm³/mol. The Morgan fingerprint density at radius 2 is 2.00 bits per heavy atom. The van der Waals surface area contributed by atoms with Gasteiger partial charge in [0.1, 0.15) is 18.1 Å². The first-order chi connectivity index (χ1) is 14.7. The number of aromatic amines is 1. The van der Waals surface area contributed by atoms with Crippen molar-refractivity contribution in [3.05, 3.63) is 69.8 Å². The molecular weight excluding hydrogens is 443 g/mol. The van der Waals surface area contributed by atoms with Crippen LogP contribution in [0.3, 0.4) is 0 Å². The molecule has 0 bridgehead atoms. The number of aromatic nitrogens is 3. The molecule has 1 N–H and O–H groups in total. The number of rotatable bonds is 7. The van der Waals surface area contributed by atoms with Gasteiger partial charge in [-0.15, -0.1) is 0 Å². The average Bonchev–Trinajstić information content (AvgIpc) is 3.11. The van der Waals surface area contributed by atoms with Crippen molar-refractivity contribution in [2.45, 2.75) is 19.2 Å². The molecule has 3 rings (SSSR count). The average molecular weight is 458 g/mol. The number of H-pyrrole nitrogens is 1. The molecule has 0 aliphatic rings. The highest BCUT2D eigenvalue weighted by Crippen LogP contribution is 2.32. The third kappa shape index (κ3) is 5.45. The van der Waals surface area contributed by atoms with Crippen molar-refractivity contribution >= 4 is 18.4 Å². The van der Waals surface area contributed by atoms with Crippen molar-refractivity contribution in [1.29, 1.82) is 0 Å². The van der Waals surface area contributed by atoms with Gasteiger partial charge in [0, 0.05) is 5.56 Å². The van der Waals surface area contributed by atoms with Crippen LogP contribution in [0.2, 0.25) is 0 Å². The maximum Gasteiger partial charge on any atom is 0.416 e. The summed E-state index contributed by atoms with van der Waals surface area (Å²) < 4.78 is 75.9. The van der Waals surface area contributed by atoms with Gasteiger partial charge >= 0.3 is 6.18 Å². The zero-order valence-corrected chi connectivity index (χ0v) is 16.7. The number of nitrogens with one attached hydrogen (secondary N) is 1. The molecular formula is C19H15F5N4O2S. The Labute approximate surface area is 177 Å². The van der Waals surface area contributed by atoms with Crippen LogP contribution in [0.5, 0.6) is 11.5 Å². The number of benzene rings is 2. The van der Waals surface area contributed by atoms with E-state index in [4.69, 9.17) is 21.7 Å². The molecule has 0 saturated carbocycles. The van der Waals surface area contributed by atoms with Gasteiger partial charge in [0.15, 0.2) is 0 Å². The summed E-state index contributed by atoms with van der Waals surface area (Å²) in [5.41, 5.74) is 0.171. The molecule has 1 heterocycles. The van der Waals surface area contributed by atoms with Gasteiger partial charge in [0.2, 0.25) is 10.6 Å². The van der Waals surface area contributed by atoms with Gasteiger partial charge in [-0.3, -0.25) is 0 Å². The molecule has 3 aromatic rings. The maximum atomic E-state index is 13.0. The normalized spacial score (nSPS) is 12.0. The Morgan fingerprint density at radius 3 is 2.68 bits per heavy atom. The largest absolute Gasteiger partial charge is 0.496 e. The number of methoxy groups -OCH3 is 1. The van der Waals surface area contributed by atoms with E-state index in [1.54, 1.807) is 18.2 Å². The zero-order valence-electron chi connectivity index (χ0n) is 15.9. The molecule has 164 valence electrons. The number of nitrogens with zero attached hydrogens (tertiary/aromatic N) is 3. The van der Waals surface area contributed by atoms with Crippen molar-refractivity contribution in [2.24, 2.45) is 5.10 Å². The molecule has 0 saturated heterocycles. The number of hydrogen-bond donors (Lipinski definition) is 1. The van der Waals surface area contributed by atoms with Gasteiger partial charge in [-0.1, -0.05) is 6.07 Å². The Kier molecular flexibility index (Phi) is 6.68. The highest BCUT2D eigenvalue weighted by Gasteiger charge is 2.30. The first kappa shape index (κ1) is 22.4. The summed E-state index contributed by atoms with van der Waals surface area (Å²) in [5.74, 6) is -0.178. The maximum absolute atomic E-state index is 13.0. The van der Waals surface area contributed by atoms with E-state index < -0.39 is 24.0 Å². The first-order valence-electron chi connectivity index (χ1n) is 8.66. The van der Waals surface area contributed by atoms with E-state index in [1.165, 1.54) is 25.5 Å². The van der Waals surface area contributed by atoms with E-state index in [0.717, 1.165) is 16.8 Å². The molecule has 12 heteroatoms. The van der Waals surface area contributed by atoms with E-state index in [-0.39, 0.29) is 17.1 Å². The van der Waals surface area contributed by atoms with E-state index in [1.807, 2.05) is 0 Å². The van der Waals surface area contributed by atoms with Crippen LogP contribution < -0.4 is 9.47 Å². The van der Waals surface area contributed by atoms with Crippen LogP contribution >= 0.6 is 12.2 Å². The second-order valence-corrected chi connectivity index (χ2v) is 6.52. The summed E-state index contributed by atoms with van der Waals surface area (Å²) in [7, 11) is 1.43. The van der Waals surface area contributed by atoms with Gasteiger partial charge in [-0.25, -0.2) is 13.9 Å². The van der Waals surface area contributed by atoms with E-state index in [2.05, 4.69) is 15.3 Å². The summed E-state index contributed by atoms with van der Waals surface area (Å²) in [6.45, 7) is -0.0976. The zero-order chi connectivity index (χ0) is 22.6. The SMILES string of the molecule is COc1ccc(C=Nn2c(C(F)F)n[nH]c2=S)cc1COc1cccc(C(F)(F)F)c1. The minimum atomic E-state index is -4.49. The summed E-state index contributed by atoms with van der Waals surface area (Å²) in [4.78, 5) is 0. The lowest BCUT2D eigenvalue weighted by atomic mass is 10.1. The number of halogens is 5. The second kappa shape index (κ2) is 9.25. The molecule has 0 spiro atoms. The third-order valence-corrected chi connectivity index (χ3v) is 4.32. The van der Waals surface area contributed by atoms with Crippen molar-refractivity contribution in [3.63, 3.8) is 0 Å². The third-order valence-electron chi connectivity index (χ3n) is 4.05. The van der Waals surface area contributed by atoms with Gasteiger partial charge < -0.3 is 9.47 Å². The highest BCUT2D eigenvalue weighted by molar-refractivity contribution is 7.71. The molecule has 0 fully saturated rings. The standard InChI is InChI=1S/C19H15F5N4O2S/c1-29-15-6-5-11(9-25-28-17(16(20)21)26-27-18(28)31)7-12(15)10-30-14-4-2-3-13(8-14)19(22,23)24/h2-9,16H,10H2,1H3,(H,27,31). The van der Waals surface area contributed by atoms with E-state index in [9.17, 15) is 22.0 Å². The Hall–Kier alpha value is -3.28. The number of alkyl halides is 5. The summed E-state index contributed by atoms with van der Waals surface area (Å²) >= 11 is 4.88. The second-order valence-electron chi connectivity index (χ2n) is 6.13. The smallest absolute Gasteiger partial charge is 0.416 e. The van der Waals surface area contributed by atoms with Gasteiger partial charge in [0.25, 0.3) is 6.43 Å². The van der Waals surface area contributed by atoms with Crippen LogP contribution in [0.1, 0.15) is 28.9 Å². The summed E-state index contributed by atoms with van der Waals surface area (Å²) in [6, 6.07) is 9.29. The Balaban J connectivity index is 1.82. The highest BCUT2D eigenvalue weighted by atomic mass is 32.1. The fraction of sp³-hybridized carbons (Fsp3) is 0.211. The minimum absolute atomic E-state index is 0.0298. The van der Waals surface area contributed by atoms with E-state index >= 15 is 0 Å². The van der Waals surface area contributed by atoms with Crippen molar-refractivity contribution in [3.8, 4) is 11.5 Å². The van der Waals surface area contributed by atoms with Crippen molar-refractivity contribution in [1.82, 2.24) is 14.9 Å². The van der Waals surface area contributed by atoms with Crippen LogP contribution in [-0.2, 0) is 12.8 Å². The fourth-order valence-electron chi connectivity index (χ4n) is 2.60. The van der Waals surface area contributed by atoms with Gasteiger partial charge in [0.05, 0.1) is 18.9 Å². The summed E-state index contributed by atoms with van der Waals surface area (Å²) in [6.07, 6.45) is -6.08. The van der Waals surface area contributed by atoms with Crippen LogP contribution in [-0.4, -0.2) is 28.2 Å². The van der Waals surface area contributed by atoms with Crippen LogP contribution in [0.25, 0.3) is 0 Å². The summed E-state index contributed by atoms with van der Waals surface area (Å²) in [5, 5.41) is 9.58. The first-order valence-corrected chi connectivity index (χ1v) is 9.06. The monoisotopic (exact) mass is 458 g/mol. The molecule has 6 nitrogen and oxygen atoms in total. The minimum Gasteiger partial charge on any atom is -0.496 e. The van der Waals surface area contributed by atoms with Crippen molar-refractivity contribution in [2.75, 3.05) is 7.11 Å². The number of hydrogen-bond acceptors (Lipinski definition) is 5. The molecule has 0 amide bonds.